The molecule has 1 aliphatic carbocycles. The lowest BCUT2D eigenvalue weighted by Gasteiger charge is -2.18. The van der Waals surface area contributed by atoms with E-state index in [1.54, 1.807) is 0 Å². The summed E-state index contributed by atoms with van der Waals surface area (Å²) in [5.74, 6) is 0.241. The van der Waals surface area contributed by atoms with Crippen LogP contribution in [0.15, 0.2) is 18.2 Å². The molecule has 1 N–H and O–H groups in total. The largest absolute Gasteiger partial charge is 0.311 e. The maximum atomic E-state index is 12.3. The van der Waals surface area contributed by atoms with Gasteiger partial charge in [-0.3, -0.25) is 4.79 Å². The van der Waals surface area contributed by atoms with Crippen molar-refractivity contribution in [3.05, 3.63) is 29.3 Å². The van der Waals surface area contributed by atoms with Gasteiger partial charge in [0.05, 0.1) is 6.04 Å². The number of benzene rings is 1. The van der Waals surface area contributed by atoms with Crippen LogP contribution in [-0.2, 0) is 4.79 Å². The Morgan fingerprint density at radius 2 is 1.94 bits per heavy atom. The summed E-state index contributed by atoms with van der Waals surface area (Å²) in [4.78, 5) is 14.3. The van der Waals surface area contributed by atoms with Gasteiger partial charge in [0.15, 0.2) is 0 Å². The summed E-state index contributed by atoms with van der Waals surface area (Å²) >= 11 is 0. The first-order valence-corrected chi connectivity index (χ1v) is 6.80. The Balaban J connectivity index is 1.76. The predicted octanol–water partition coefficient (Wildman–Crippen LogP) is 2.16. The molecule has 18 heavy (non-hydrogen) atoms. The molecule has 2 aliphatic rings. The van der Waals surface area contributed by atoms with Gasteiger partial charge >= 0.3 is 0 Å². The van der Waals surface area contributed by atoms with Gasteiger partial charge in [0.2, 0.25) is 5.91 Å². The Kier molecular flexibility index (Phi) is 2.86. The average Bonchev–Trinajstić information content (AvgIpc) is 3.09. The fourth-order valence-corrected chi connectivity index (χ4v) is 2.52. The number of carbonyl (C=O) groups is 1. The Hall–Kier alpha value is -1.35. The van der Waals surface area contributed by atoms with Crippen LogP contribution in [-0.4, -0.2) is 24.5 Å². The molecule has 1 saturated heterocycles. The quantitative estimate of drug-likeness (QED) is 0.883. The van der Waals surface area contributed by atoms with E-state index in [1.165, 1.54) is 24.0 Å². The first-order valence-electron chi connectivity index (χ1n) is 6.80. The number of rotatable bonds is 3. The zero-order valence-electron chi connectivity index (χ0n) is 11.1. The second-order valence-corrected chi connectivity index (χ2v) is 5.54. The number of nitrogens with zero attached hydrogens (tertiary/aromatic N) is 1. The first-order chi connectivity index (χ1) is 8.65. The molecule has 0 aromatic heterocycles. The molecule has 0 radical (unpaired) electrons. The Labute approximate surface area is 108 Å². The van der Waals surface area contributed by atoms with Crippen molar-refractivity contribution in [2.45, 2.75) is 45.2 Å². The van der Waals surface area contributed by atoms with E-state index in [2.05, 4.69) is 37.4 Å². The maximum absolute atomic E-state index is 12.3. The molecule has 3 nitrogen and oxygen atoms in total. The van der Waals surface area contributed by atoms with Gasteiger partial charge in [-0.05, 0) is 56.4 Å². The van der Waals surface area contributed by atoms with Crippen molar-refractivity contribution >= 4 is 11.6 Å². The van der Waals surface area contributed by atoms with Gasteiger partial charge in [-0.15, -0.1) is 0 Å². The average molecular weight is 244 g/mol. The van der Waals surface area contributed by atoms with Crippen LogP contribution in [0, 0.1) is 13.8 Å². The number of carbonyl (C=O) groups excluding carboxylic acids is 1. The number of anilines is 1. The lowest BCUT2D eigenvalue weighted by molar-refractivity contribution is -0.118. The molecule has 2 fully saturated rings. The molecule has 1 unspecified atom stereocenters. The van der Waals surface area contributed by atoms with Crippen molar-refractivity contribution < 1.29 is 4.79 Å². The smallest absolute Gasteiger partial charge is 0.244 e. The van der Waals surface area contributed by atoms with Crippen molar-refractivity contribution in [1.82, 2.24) is 5.32 Å². The molecule has 1 amide bonds. The highest BCUT2D eigenvalue weighted by Gasteiger charge is 2.36. The highest BCUT2D eigenvalue weighted by Crippen LogP contribution is 2.26. The van der Waals surface area contributed by atoms with Gasteiger partial charge in [-0.2, -0.15) is 0 Å². The van der Waals surface area contributed by atoms with Gasteiger partial charge < -0.3 is 10.2 Å². The molecule has 1 heterocycles. The van der Waals surface area contributed by atoms with Crippen molar-refractivity contribution in [3.8, 4) is 0 Å². The molecule has 1 saturated carbocycles. The standard InChI is InChI=1S/C15H20N2O/c1-10-3-6-13(9-11(10)2)17-8-7-14(15(17)18)16-12-4-5-12/h3,6,9,12,14,16H,4-5,7-8H2,1-2H3. The molecule has 1 aliphatic heterocycles. The van der Waals surface area contributed by atoms with Crippen molar-refractivity contribution in [2.75, 3.05) is 11.4 Å². The van der Waals surface area contributed by atoms with Gasteiger partial charge in [-0.25, -0.2) is 0 Å². The fraction of sp³-hybridized carbons (Fsp3) is 0.533. The lowest BCUT2D eigenvalue weighted by Crippen LogP contribution is -2.39. The summed E-state index contributed by atoms with van der Waals surface area (Å²) < 4.78 is 0. The SMILES string of the molecule is Cc1ccc(N2CCC(NC3CC3)C2=O)cc1C. The van der Waals surface area contributed by atoms with Crippen molar-refractivity contribution in [1.29, 1.82) is 0 Å². The number of amides is 1. The van der Waals surface area contributed by atoms with E-state index >= 15 is 0 Å². The molecule has 0 bridgehead atoms. The third-order valence-corrected chi connectivity index (χ3v) is 4.02. The molecule has 0 spiro atoms. The minimum atomic E-state index is 0.0408. The Bertz CT molecular complexity index is 479. The summed E-state index contributed by atoms with van der Waals surface area (Å²) in [6, 6.07) is 6.91. The topological polar surface area (TPSA) is 32.3 Å². The zero-order chi connectivity index (χ0) is 12.7. The predicted molar refractivity (Wildman–Crippen MR) is 72.8 cm³/mol. The third kappa shape index (κ3) is 2.15. The molecule has 3 heteroatoms. The lowest BCUT2D eigenvalue weighted by atomic mass is 10.1. The van der Waals surface area contributed by atoms with E-state index < -0.39 is 0 Å². The highest BCUT2D eigenvalue weighted by molar-refractivity contribution is 5.99. The number of hydrogen-bond acceptors (Lipinski definition) is 2. The molecule has 3 rings (SSSR count). The van der Waals surface area contributed by atoms with Gasteiger partial charge in [0.1, 0.15) is 0 Å². The second-order valence-electron chi connectivity index (χ2n) is 5.54. The summed E-state index contributed by atoms with van der Waals surface area (Å²) in [5, 5.41) is 3.44. The van der Waals surface area contributed by atoms with Crippen LogP contribution in [0.5, 0.6) is 0 Å². The highest BCUT2D eigenvalue weighted by atomic mass is 16.2. The minimum absolute atomic E-state index is 0.0408. The Morgan fingerprint density at radius 1 is 1.17 bits per heavy atom. The molecule has 1 aromatic rings. The number of hydrogen-bond donors (Lipinski definition) is 1. The molecular weight excluding hydrogens is 224 g/mol. The van der Waals surface area contributed by atoms with Gasteiger partial charge in [-0.1, -0.05) is 6.07 Å². The first kappa shape index (κ1) is 11.7. The van der Waals surface area contributed by atoms with E-state index in [0.29, 0.717) is 6.04 Å². The fourth-order valence-electron chi connectivity index (χ4n) is 2.52. The van der Waals surface area contributed by atoms with E-state index in [0.717, 1.165) is 18.7 Å². The van der Waals surface area contributed by atoms with Gasteiger partial charge in [0, 0.05) is 18.3 Å². The molecule has 1 atom stereocenters. The van der Waals surface area contributed by atoms with Gasteiger partial charge in [0.25, 0.3) is 0 Å². The third-order valence-electron chi connectivity index (χ3n) is 4.02. The summed E-state index contributed by atoms with van der Waals surface area (Å²) in [6.45, 7) is 5.04. The Morgan fingerprint density at radius 3 is 2.61 bits per heavy atom. The van der Waals surface area contributed by atoms with Crippen LogP contribution in [0.4, 0.5) is 5.69 Å². The van der Waals surface area contributed by atoms with Crippen LogP contribution < -0.4 is 10.2 Å². The summed E-state index contributed by atoms with van der Waals surface area (Å²) in [7, 11) is 0. The maximum Gasteiger partial charge on any atom is 0.244 e. The van der Waals surface area contributed by atoms with Crippen LogP contribution in [0.25, 0.3) is 0 Å². The van der Waals surface area contributed by atoms with E-state index in [1.807, 2.05) is 4.90 Å². The minimum Gasteiger partial charge on any atom is -0.311 e. The summed E-state index contributed by atoms with van der Waals surface area (Å²) in [6.07, 6.45) is 3.39. The van der Waals surface area contributed by atoms with Crippen LogP contribution in [0.3, 0.4) is 0 Å². The second kappa shape index (κ2) is 4.39. The summed E-state index contributed by atoms with van der Waals surface area (Å²) in [5.41, 5.74) is 3.57. The number of nitrogens with one attached hydrogen (secondary N) is 1. The van der Waals surface area contributed by atoms with E-state index in [4.69, 9.17) is 0 Å². The monoisotopic (exact) mass is 244 g/mol. The van der Waals surface area contributed by atoms with Crippen LogP contribution in [0.1, 0.15) is 30.4 Å². The van der Waals surface area contributed by atoms with Crippen LogP contribution >= 0.6 is 0 Å². The van der Waals surface area contributed by atoms with Crippen LogP contribution in [0.2, 0.25) is 0 Å². The van der Waals surface area contributed by atoms with Crippen molar-refractivity contribution in [2.24, 2.45) is 0 Å². The van der Waals surface area contributed by atoms with E-state index in [9.17, 15) is 4.79 Å². The molecular formula is C15H20N2O. The van der Waals surface area contributed by atoms with Crippen molar-refractivity contribution in [3.63, 3.8) is 0 Å². The molecule has 1 aromatic carbocycles. The molecule has 96 valence electrons. The normalized spacial score (nSPS) is 23.8. The zero-order valence-corrected chi connectivity index (χ0v) is 11.1. The number of aryl methyl sites for hydroxylation is 2. The van der Waals surface area contributed by atoms with E-state index in [-0.39, 0.29) is 11.9 Å².